The number of fused-ring (bicyclic) bond motifs is 2. The Morgan fingerprint density at radius 2 is 1.48 bits per heavy atom. The van der Waals surface area contributed by atoms with Crippen molar-refractivity contribution in [1.82, 2.24) is 0 Å². The number of ether oxygens (including phenoxy) is 1. The highest BCUT2D eigenvalue weighted by Gasteiger charge is 2.56. The zero-order valence-corrected chi connectivity index (χ0v) is 19.1. The third-order valence-corrected chi connectivity index (χ3v) is 9.75. The van der Waals surface area contributed by atoms with Crippen LogP contribution in [-0.2, 0) is 16.0 Å². The van der Waals surface area contributed by atoms with Gasteiger partial charge in [0, 0.05) is 0 Å². The van der Waals surface area contributed by atoms with Crippen molar-refractivity contribution >= 4 is 38.3 Å². The minimum atomic E-state index is -0.178. The number of rotatable bonds is 2. The Kier molecular flexibility index (Phi) is 3.70. The van der Waals surface area contributed by atoms with E-state index in [-0.39, 0.29) is 17.5 Å². The number of hydrogen-bond donors (Lipinski definition) is 0. The van der Waals surface area contributed by atoms with Crippen LogP contribution in [0.2, 0.25) is 0 Å². The van der Waals surface area contributed by atoms with Crippen molar-refractivity contribution in [3.63, 3.8) is 0 Å². The average molecular weight is 435 g/mol. The fraction of sp³-hybridized carbons (Fsp3) is 0.452. The van der Waals surface area contributed by atoms with Crippen molar-refractivity contribution in [3.05, 3.63) is 59.7 Å². The first-order chi connectivity index (χ1) is 16.2. The lowest BCUT2D eigenvalue weighted by molar-refractivity contribution is -0.178. The first-order valence-electron chi connectivity index (χ1n) is 13.1. The van der Waals surface area contributed by atoms with Crippen LogP contribution in [0.3, 0.4) is 0 Å². The van der Waals surface area contributed by atoms with E-state index in [0.717, 1.165) is 56.3 Å². The van der Waals surface area contributed by atoms with E-state index in [1.54, 1.807) is 0 Å². The first kappa shape index (κ1) is 18.8. The summed E-state index contributed by atoms with van der Waals surface area (Å²) < 4.78 is 6.49. The Morgan fingerprint density at radius 1 is 0.818 bits per heavy atom. The van der Waals surface area contributed by atoms with Gasteiger partial charge in [-0.3, -0.25) is 4.79 Å². The lowest BCUT2D eigenvalue weighted by Crippen LogP contribution is -2.50. The summed E-state index contributed by atoms with van der Waals surface area (Å²) in [5, 5.41) is 8.03. The fourth-order valence-corrected chi connectivity index (χ4v) is 8.81. The maximum atomic E-state index is 13.7. The number of carbonyl (C=O) groups is 1. The molecule has 4 saturated carbocycles. The Hall–Kier alpha value is -2.61. The minimum absolute atomic E-state index is 0.0869. The molecule has 9 rings (SSSR count). The van der Waals surface area contributed by atoms with Crippen LogP contribution in [0.1, 0.15) is 68.6 Å². The number of aryl methyl sites for hydroxylation is 1. The first-order valence-corrected chi connectivity index (χ1v) is 13.1. The van der Waals surface area contributed by atoms with Gasteiger partial charge in [0.1, 0.15) is 6.10 Å². The molecule has 0 saturated heterocycles. The van der Waals surface area contributed by atoms with E-state index in [9.17, 15) is 4.79 Å². The molecule has 0 N–H and O–H groups in total. The predicted molar refractivity (Wildman–Crippen MR) is 133 cm³/mol. The van der Waals surface area contributed by atoms with Gasteiger partial charge >= 0.3 is 5.97 Å². The molecule has 2 nitrogen and oxygen atoms in total. The summed E-state index contributed by atoms with van der Waals surface area (Å²) in [6.07, 6.45) is 10.4. The molecular weight excluding hydrogens is 404 g/mol. The van der Waals surface area contributed by atoms with Gasteiger partial charge < -0.3 is 4.74 Å². The van der Waals surface area contributed by atoms with Gasteiger partial charge in [0.05, 0.1) is 5.41 Å². The Balaban J connectivity index is 1.22. The SMILES string of the molecule is O=C(OC1CCCc2c1cc1ccc3cccc4ccc2c1c34)C12CC3CC(CC(C3)C1)C2. The van der Waals surface area contributed by atoms with Gasteiger partial charge in [-0.15, -0.1) is 0 Å². The second kappa shape index (κ2) is 6.50. The zero-order chi connectivity index (χ0) is 21.7. The maximum absolute atomic E-state index is 13.7. The molecule has 4 aromatic carbocycles. The third kappa shape index (κ3) is 2.58. The summed E-state index contributed by atoms with van der Waals surface area (Å²) >= 11 is 0. The van der Waals surface area contributed by atoms with E-state index < -0.39 is 0 Å². The molecule has 0 aliphatic heterocycles. The van der Waals surface area contributed by atoms with Crippen molar-refractivity contribution in [3.8, 4) is 0 Å². The molecular formula is C31H30O2. The summed E-state index contributed by atoms with van der Waals surface area (Å²) in [6.45, 7) is 0. The van der Waals surface area contributed by atoms with Gasteiger partial charge in [0.15, 0.2) is 0 Å². The van der Waals surface area contributed by atoms with Crippen molar-refractivity contribution in [2.75, 3.05) is 0 Å². The quantitative estimate of drug-likeness (QED) is 0.238. The van der Waals surface area contributed by atoms with Crippen LogP contribution in [0.4, 0.5) is 0 Å². The summed E-state index contributed by atoms with van der Waals surface area (Å²) in [7, 11) is 0. The van der Waals surface area contributed by atoms with Gasteiger partial charge in [-0.2, -0.15) is 0 Å². The van der Waals surface area contributed by atoms with E-state index in [0.29, 0.717) is 0 Å². The predicted octanol–water partition coefficient (Wildman–Crippen LogP) is 7.72. The number of benzene rings is 4. The van der Waals surface area contributed by atoms with E-state index in [4.69, 9.17) is 4.74 Å². The summed E-state index contributed by atoms with van der Waals surface area (Å²) in [5.74, 6) is 2.43. The molecule has 4 bridgehead atoms. The summed E-state index contributed by atoms with van der Waals surface area (Å²) in [4.78, 5) is 13.7. The largest absolute Gasteiger partial charge is 0.457 e. The topological polar surface area (TPSA) is 26.3 Å². The summed E-state index contributed by atoms with van der Waals surface area (Å²) in [5.41, 5.74) is 2.50. The molecule has 4 fully saturated rings. The summed E-state index contributed by atoms with van der Waals surface area (Å²) in [6, 6.07) is 18.0. The Morgan fingerprint density at radius 3 is 2.21 bits per heavy atom. The normalized spacial score (nSPS) is 32.6. The number of esters is 1. The molecule has 5 aliphatic rings. The molecule has 33 heavy (non-hydrogen) atoms. The van der Waals surface area contributed by atoms with Crippen LogP contribution < -0.4 is 0 Å². The lowest BCUT2D eigenvalue weighted by atomic mass is 9.49. The molecule has 1 atom stereocenters. The van der Waals surface area contributed by atoms with Crippen LogP contribution in [0, 0.1) is 23.2 Å². The third-order valence-electron chi connectivity index (χ3n) is 9.75. The molecule has 0 heterocycles. The molecule has 166 valence electrons. The van der Waals surface area contributed by atoms with Gasteiger partial charge in [-0.05, 0) is 125 Å². The average Bonchev–Trinajstić information content (AvgIpc) is 2.82. The highest BCUT2D eigenvalue weighted by atomic mass is 16.5. The molecule has 0 spiro atoms. The monoisotopic (exact) mass is 434 g/mol. The molecule has 2 heteroatoms. The highest BCUT2D eigenvalue weighted by Crippen LogP contribution is 2.61. The van der Waals surface area contributed by atoms with Gasteiger partial charge in [0.25, 0.3) is 0 Å². The second-order valence-corrected chi connectivity index (χ2v) is 11.8. The maximum Gasteiger partial charge on any atom is 0.312 e. The molecule has 4 aromatic rings. The minimum Gasteiger partial charge on any atom is -0.457 e. The fourth-order valence-electron chi connectivity index (χ4n) is 8.81. The van der Waals surface area contributed by atoms with Crippen LogP contribution >= 0.6 is 0 Å². The van der Waals surface area contributed by atoms with Crippen LogP contribution in [-0.4, -0.2) is 5.97 Å². The van der Waals surface area contributed by atoms with Crippen molar-refractivity contribution in [2.45, 2.75) is 63.9 Å². The molecule has 0 radical (unpaired) electrons. The van der Waals surface area contributed by atoms with Crippen LogP contribution in [0.25, 0.3) is 32.3 Å². The number of hydrogen-bond acceptors (Lipinski definition) is 2. The zero-order valence-electron chi connectivity index (χ0n) is 19.1. The van der Waals surface area contributed by atoms with E-state index in [1.807, 2.05) is 0 Å². The van der Waals surface area contributed by atoms with Crippen molar-refractivity contribution in [2.24, 2.45) is 23.2 Å². The van der Waals surface area contributed by atoms with Crippen LogP contribution in [0.5, 0.6) is 0 Å². The highest BCUT2D eigenvalue weighted by molar-refractivity contribution is 6.23. The Labute approximate surface area is 194 Å². The van der Waals surface area contributed by atoms with Gasteiger partial charge in [-0.1, -0.05) is 42.5 Å². The van der Waals surface area contributed by atoms with E-state index in [2.05, 4.69) is 48.5 Å². The van der Waals surface area contributed by atoms with E-state index >= 15 is 0 Å². The number of carbonyl (C=O) groups excluding carboxylic acids is 1. The molecule has 1 unspecified atom stereocenters. The van der Waals surface area contributed by atoms with Crippen LogP contribution in [0.15, 0.2) is 48.5 Å². The van der Waals surface area contributed by atoms with E-state index in [1.165, 1.54) is 62.7 Å². The molecule has 0 amide bonds. The van der Waals surface area contributed by atoms with Gasteiger partial charge in [-0.25, -0.2) is 0 Å². The smallest absolute Gasteiger partial charge is 0.312 e. The van der Waals surface area contributed by atoms with Crippen molar-refractivity contribution < 1.29 is 9.53 Å². The lowest BCUT2D eigenvalue weighted by Gasteiger charge is -2.55. The van der Waals surface area contributed by atoms with Gasteiger partial charge in [0.2, 0.25) is 0 Å². The van der Waals surface area contributed by atoms with Crippen molar-refractivity contribution in [1.29, 1.82) is 0 Å². The molecule has 0 aromatic heterocycles. The molecule has 5 aliphatic carbocycles. The Bertz CT molecular complexity index is 1380. The standard InChI is InChI=1S/C31H30O2/c32-30(31-15-18-11-19(16-31)13-20(12-18)17-31)33-27-6-2-5-24-25-10-9-22-4-1-3-21-7-8-23(14-26(24)27)29(25)28(21)22/h1,3-4,7-10,14,18-20,27H,2,5-6,11-13,15-17H2. The second-order valence-electron chi connectivity index (χ2n) is 11.8.